The van der Waals surface area contributed by atoms with Crippen LogP contribution in [0.5, 0.6) is 0 Å². The maximum absolute atomic E-state index is 13.6. The van der Waals surface area contributed by atoms with Crippen molar-refractivity contribution >= 4 is 23.0 Å². The Balaban J connectivity index is 0.00000127. The molecule has 0 heterocycles. The Kier molecular flexibility index (Phi) is 14.0. The van der Waals surface area contributed by atoms with Gasteiger partial charge in [0.05, 0.1) is 10.8 Å². The molecule has 0 radical (unpaired) electrons. The summed E-state index contributed by atoms with van der Waals surface area (Å²) in [5.74, 6) is 0.230. The molecule has 0 aliphatic heterocycles. The molecule has 0 amide bonds. The number of hydrogen-bond acceptors (Lipinski definition) is 3. The van der Waals surface area contributed by atoms with Crippen molar-refractivity contribution in [3.8, 4) is 11.1 Å². The third-order valence-electron chi connectivity index (χ3n) is 5.50. The minimum atomic E-state index is -4.37. The molecule has 3 rings (SSSR count). The third-order valence-corrected chi connectivity index (χ3v) is 7.22. The van der Waals surface area contributed by atoms with Gasteiger partial charge in [0.25, 0.3) is 0 Å². The highest BCUT2D eigenvalue weighted by Gasteiger charge is 2.30. The summed E-state index contributed by atoms with van der Waals surface area (Å²) in [4.78, 5) is 8.81. The molecule has 8 heteroatoms. The largest absolute Gasteiger partial charge is 0.508 e. The van der Waals surface area contributed by atoms with Crippen LogP contribution in [0, 0.1) is 0 Å². The summed E-state index contributed by atoms with van der Waals surface area (Å²) >= 11 is 0. The van der Waals surface area contributed by atoms with Gasteiger partial charge in [0.15, 0.2) is 0 Å². The van der Waals surface area contributed by atoms with Crippen LogP contribution >= 0.6 is 0 Å². The monoisotopic (exact) mass is 537 g/mol. The number of alkyl halides is 3. The zero-order valence-electron chi connectivity index (χ0n) is 22.2. The van der Waals surface area contributed by atoms with E-state index in [-0.39, 0.29) is 11.0 Å². The van der Waals surface area contributed by atoms with E-state index < -0.39 is 22.7 Å². The highest BCUT2D eigenvalue weighted by molar-refractivity contribution is 7.87. The van der Waals surface area contributed by atoms with E-state index in [4.69, 9.17) is 4.79 Å². The van der Waals surface area contributed by atoms with Crippen molar-refractivity contribution in [3.63, 3.8) is 0 Å². The lowest BCUT2D eigenvalue weighted by Gasteiger charge is -2.27. The maximum Gasteiger partial charge on any atom is 0.416 e. The first-order valence-corrected chi connectivity index (χ1v) is 13.7. The summed E-state index contributed by atoms with van der Waals surface area (Å²) in [6.45, 7) is 9.92. The average Bonchev–Trinajstić information content (AvgIpc) is 3.06. The summed E-state index contributed by atoms with van der Waals surface area (Å²) < 4.78 is 54.1. The predicted molar refractivity (Wildman–Crippen MR) is 148 cm³/mol. The van der Waals surface area contributed by atoms with E-state index in [2.05, 4.69) is 6.92 Å². The van der Waals surface area contributed by atoms with E-state index in [1.165, 1.54) is 19.1 Å². The van der Waals surface area contributed by atoms with Crippen LogP contribution in [0.15, 0.2) is 72.0 Å². The number of carbonyl (C=O) groups excluding carboxylic acids is 1. The number of aldehydes is 1. The molecule has 1 aliphatic carbocycles. The first-order chi connectivity index (χ1) is 17.6. The molecule has 1 aliphatic rings. The van der Waals surface area contributed by atoms with Gasteiger partial charge in [-0.2, -0.15) is 13.2 Å². The van der Waals surface area contributed by atoms with Crippen LogP contribution in [0.1, 0.15) is 65.9 Å². The molecule has 204 valence electrons. The second kappa shape index (κ2) is 16.1. The molecule has 2 unspecified atom stereocenters. The van der Waals surface area contributed by atoms with Gasteiger partial charge in [0.1, 0.15) is 23.0 Å². The van der Waals surface area contributed by atoms with Crippen molar-refractivity contribution in [3.05, 3.63) is 77.6 Å². The fraction of sp³-hybridized carbons (Fsp3) is 0.414. The zero-order chi connectivity index (χ0) is 28.0. The van der Waals surface area contributed by atoms with Gasteiger partial charge in [0.2, 0.25) is 0 Å². The second-order valence-electron chi connectivity index (χ2n) is 8.15. The van der Waals surface area contributed by atoms with Crippen LogP contribution in [0.3, 0.4) is 0 Å². The fourth-order valence-electron chi connectivity index (χ4n) is 3.63. The van der Waals surface area contributed by atoms with E-state index >= 15 is 0 Å². The standard InChI is InChI=1S/C25H28F3NO2S.C2H4O.C2H6/c1-3-4-15-29(32(31)23-9-6-10-24(30)18(2)16-23)22-8-5-7-20(17-22)19-11-13-21(14-12-19)25(26,27)28;1-2-3;1-2/h5,7-8,10-14,16-17,23,30H,3-4,6,9,15H2,1-2H3;2H,1H3;1-2H3. The van der Waals surface area contributed by atoms with Crippen molar-refractivity contribution in [2.24, 2.45) is 0 Å². The number of carbonyl (C=O) groups is 1. The van der Waals surface area contributed by atoms with Gasteiger partial charge in [-0.15, -0.1) is 0 Å². The minimum absolute atomic E-state index is 0.230. The minimum Gasteiger partial charge on any atom is -0.508 e. The Morgan fingerprint density at radius 2 is 1.73 bits per heavy atom. The lowest BCUT2D eigenvalue weighted by molar-refractivity contribution is -0.137. The first-order valence-electron chi connectivity index (χ1n) is 12.6. The molecule has 0 aromatic heterocycles. The summed E-state index contributed by atoms with van der Waals surface area (Å²) in [5.41, 5.74) is 2.23. The van der Waals surface area contributed by atoms with Gasteiger partial charge in [-0.25, -0.2) is 4.21 Å². The third kappa shape index (κ3) is 9.84. The van der Waals surface area contributed by atoms with Crippen LogP contribution in [0.4, 0.5) is 18.9 Å². The molecule has 0 bridgehead atoms. The fourth-order valence-corrected chi connectivity index (χ4v) is 5.25. The molecule has 4 nitrogen and oxygen atoms in total. The maximum atomic E-state index is 13.6. The van der Waals surface area contributed by atoms with Crippen LogP contribution in [0.2, 0.25) is 0 Å². The van der Waals surface area contributed by atoms with E-state index in [1.807, 2.05) is 55.4 Å². The van der Waals surface area contributed by atoms with Crippen molar-refractivity contribution in [1.29, 1.82) is 0 Å². The summed E-state index contributed by atoms with van der Waals surface area (Å²) in [6, 6.07) is 12.5. The van der Waals surface area contributed by atoms with Gasteiger partial charge in [-0.1, -0.05) is 57.5 Å². The average molecular weight is 538 g/mol. The number of hydrogen-bond donors (Lipinski definition) is 1. The Bertz CT molecular complexity index is 1060. The summed E-state index contributed by atoms with van der Waals surface area (Å²) in [6.07, 6.45) is 3.10. The number of aliphatic hydroxyl groups is 1. The first kappa shape index (κ1) is 32.2. The van der Waals surface area contributed by atoms with Gasteiger partial charge in [-0.05, 0) is 80.2 Å². The molecule has 2 atom stereocenters. The molecule has 0 saturated heterocycles. The second-order valence-corrected chi connectivity index (χ2v) is 9.75. The number of anilines is 1. The van der Waals surface area contributed by atoms with Gasteiger partial charge >= 0.3 is 6.18 Å². The Morgan fingerprint density at radius 1 is 1.11 bits per heavy atom. The highest BCUT2D eigenvalue weighted by atomic mass is 32.2. The number of halogens is 3. The lowest BCUT2D eigenvalue weighted by atomic mass is 10.0. The molecule has 1 N–H and O–H groups in total. The molecule has 2 aromatic carbocycles. The molecule has 37 heavy (non-hydrogen) atoms. The van der Waals surface area contributed by atoms with Crippen molar-refractivity contribution < 1.29 is 27.3 Å². The van der Waals surface area contributed by atoms with E-state index in [1.54, 1.807) is 6.08 Å². The van der Waals surface area contributed by atoms with Crippen LogP contribution in [0.25, 0.3) is 11.1 Å². The molecule has 2 aromatic rings. The Labute approximate surface area is 221 Å². The van der Waals surface area contributed by atoms with E-state index in [9.17, 15) is 22.5 Å². The molecular weight excluding hydrogens is 499 g/mol. The summed E-state index contributed by atoms with van der Waals surface area (Å²) in [7, 11) is -1.36. The lowest BCUT2D eigenvalue weighted by Crippen LogP contribution is -2.33. The Morgan fingerprint density at radius 3 is 2.30 bits per heavy atom. The summed E-state index contributed by atoms with van der Waals surface area (Å²) in [5, 5.41) is 9.76. The van der Waals surface area contributed by atoms with Crippen molar-refractivity contribution in [2.75, 3.05) is 10.8 Å². The van der Waals surface area contributed by atoms with Gasteiger partial charge in [0, 0.05) is 12.2 Å². The number of unbranched alkanes of at least 4 members (excludes halogenated alkanes) is 1. The van der Waals surface area contributed by atoms with E-state index in [0.29, 0.717) is 24.9 Å². The van der Waals surface area contributed by atoms with E-state index in [0.717, 1.165) is 48.1 Å². The SMILES string of the molecule is CC.CC=O.CCCCN(c1cccc(-c2ccc(C(F)(F)F)cc2)c1)S(=O)C1C=C(C)C(O)=CCC1. The smallest absolute Gasteiger partial charge is 0.416 e. The number of allylic oxidation sites excluding steroid dienone is 2. The molecule has 0 spiro atoms. The number of aliphatic hydroxyl groups excluding tert-OH is 1. The van der Waals surface area contributed by atoms with Crippen LogP contribution in [-0.4, -0.2) is 27.4 Å². The van der Waals surface area contributed by atoms with Gasteiger partial charge in [-0.3, -0.25) is 4.31 Å². The normalized spacial score (nSPS) is 15.9. The van der Waals surface area contributed by atoms with Crippen molar-refractivity contribution in [1.82, 2.24) is 0 Å². The van der Waals surface area contributed by atoms with Crippen LogP contribution in [-0.2, 0) is 22.0 Å². The predicted octanol–water partition coefficient (Wildman–Crippen LogP) is 8.42. The number of rotatable bonds is 7. The van der Waals surface area contributed by atoms with Crippen molar-refractivity contribution in [2.45, 2.75) is 71.7 Å². The van der Waals surface area contributed by atoms with Gasteiger partial charge < -0.3 is 9.90 Å². The highest BCUT2D eigenvalue weighted by Crippen LogP contribution is 2.33. The quantitative estimate of drug-likeness (QED) is 0.361. The zero-order valence-corrected chi connectivity index (χ0v) is 23.0. The number of nitrogens with zero attached hydrogens (tertiary/aromatic N) is 1. The van der Waals surface area contributed by atoms with Crippen LogP contribution < -0.4 is 4.31 Å². The Hall–Kier alpha value is -2.87. The molecule has 0 saturated carbocycles. The molecular formula is C29H38F3NO3S. The molecule has 0 fully saturated rings. The number of benzene rings is 2. The topological polar surface area (TPSA) is 57.6 Å².